The molecule has 0 atom stereocenters. The maximum Gasteiger partial charge on any atom is 0.207 e. The molecule has 0 radical (unpaired) electrons. The molecule has 72 valence electrons. The summed E-state index contributed by atoms with van der Waals surface area (Å²) in [6.07, 6.45) is 0. The molecule has 0 aliphatic carbocycles. The highest BCUT2D eigenvalue weighted by Gasteiger charge is 2.19. The van der Waals surface area contributed by atoms with Crippen molar-refractivity contribution in [1.29, 1.82) is 0 Å². The number of hydrogen-bond donors (Lipinski definition) is 1. The number of benzene rings is 1. The maximum atomic E-state index is 12.8. The smallest absolute Gasteiger partial charge is 0.207 e. The summed E-state index contributed by atoms with van der Waals surface area (Å²) in [6, 6.07) is 0.462. The van der Waals surface area contributed by atoms with E-state index in [1.54, 1.807) is 0 Å². The molecular formula is C8H7F3O2. The molecule has 0 fully saturated rings. The van der Waals surface area contributed by atoms with Crippen LogP contribution in [0, 0.1) is 17.5 Å². The van der Waals surface area contributed by atoms with Gasteiger partial charge in [0.15, 0.2) is 23.1 Å². The van der Waals surface area contributed by atoms with Crippen molar-refractivity contribution < 1.29 is 23.0 Å². The number of phenols is 1. The van der Waals surface area contributed by atoms with Crippen LogP contribution in [0.25, 0.3) is 0 Å². The molecule has 0 saturated carbocycles. The minimum absolute atomic E-state index is 0.0511. The molecule has 1 aromatic carbocycles. The van der Waals surface area contributed by atoms with E-state index in [9.17, 15) is 13.2 Å². The molecule has 1 aromatic rings. The van der Waals surface area contributed by atoms with E-state index < -0.39 is 29.0 Å². The van der Waals surface area contributed by atoms with Crippen molar-refractivity contribution in [3.05, 3.63) is 23.5 Å². The minimum atomic E-state index is -1.65. The fourth-order valence-electron chi connectivity index (χ4n) is 0.848. The number of rotatable bonds is 2. The molecule has 0 heterocycles. The normalized spacial score (nSPS) is 10.2. The molecule has 0 aliphatic heterocycles. The zero-order chi connectivity index (χ0) is 10.0. The van der Waals surface area contributed by atoms with Crippen molar-refractivity contribution >= 4 is 0 Å². The van der Waals surface area contributed by atoms with E-state index in [-0.39, 0.29) is 6.61 Å². The summed E-state index contributed by atoms with van der Waals surface area (Å²) in [7, 11) is 0. The number of aromatic hydroxyl groups is 1. The highest BCUT2D eigenvalue weighted by Crippen LogP contribution is 2.32. The van der Waals surface area contributed by atoms with Crippen molar-refractivity contribution in [1.82, 2.24) is 0 Å². The van der Waals surface area contributed by atoms with E-state index >= 15 is 0 Å². The van der Waals surface area contributed by atoms with E-state index in [1.807, 2.05) is 0 Å². The van der Waals surface area contributed by atoms with Crippen LogP contribution in [0.15, 0.2) is 6.07 Å². The van der Waals surface area contributed by atoms with Crippen molar-refractivity contribution in [2.75, 3.05) is 6.61 Å². The van der Waals surface area contributed by atoms with Gasteiger partial charge in [0.1, 0.15) is 0 Å². The first-order chi connectivity index (χ1) is 6.07. The van der Waals surface area contributed by atoms with Gasteiger partial charge in [0.25, 0.3) is 0 Å². The zero-order valence-corrected chi connectivity index (χ0v) is 6.77. The Balaban J connectivity index is 3.26. The van der Waals surface area contributed by atoms with Gasteiger partial charge in [0.2, 0.25) is 5.82 Å². The van der Waals surface area contributed by atoms with Crippen LogP contribution >= 0.6 is 0 Å². The Kier molecular flexibility index (Phi) is 2.65. The lowest BCUT2D eigenvalue weighted by Crippen LogP contribution is -1.99. The lowest BCUT2D eigenvalue weighted by molar-refractivity contribution is 0.288. The summed E-state index contributed by atoms with van der Waals surface area (Å²) in [4.78, 5) is 0. The fraction of sp³-hybridized carbons (Fsp3) is 0.250. The Bertz CT molecular complexity index is 326. The number of ether oxygens (including phenoxy) is 1. The van der Waals surface area contributed by atoms with Gasteiger partial charge in [-0.15, -0.1) is 0 Å². The largest absolute Gasteiger partial charge is 0.504 e. The quantitative estimate of drug-likeness (QED) is 0.728. The van der Waals surface area contributed by atoms with E-state index in [4.69, 9.17) is 5.11 Å². The standard InChI is InChI=1S/C8H7F3O2/c1-2-13-8-5(12)3-4(9)6(10)7(8)11/h3,12H,2H2,1H3. The lowest BCUT2D eigenvalue weighted by Gasteiger charge is -2.07. The molecule has 5 heteroatoms. The average molecular weight is 192 g/mol. The van der Waals surface area contributed by atoms with Crippen LogP contribution in [-0.2, 0) is 0 Å². The van der Waals surface area contributed by atoms with Gasteiger partial charge < -0.3 is 9.84 Å². The molecule has 1 N–H and O–H groups in total. The van der Waals surface area contributed by atoms with Crippen LogP contribution in [-0.4, -0.2) is 11.7 Å². The molecule has 0 unspecified atom stereocenters. The predicted octanol–water partition coefficient (Wildman–Crippen LogP) is 2.21. The van der Waals surface area contributed by atoms with E-state index in [0.717, 1.165) is 0 Å². The monoisotopic (exact) mass is 192 g/mol. The fourth-order valence-corrected chi connectivity index (χ4v) is 0.848. The second-order valence-corrected chi connectivity index (χ2v) is 2.27. The van der Waals surface area contributed by atoms with Crippen LogP contribution in [0.3, 0.4) is 0 Å². The predicted molar refractivity (Wildman–Crippen MR) is 39.1 cm³/mol. The van der Waals surface area contributed by atoms with Gasteiger partial charge in [0, 0.05) is 6.07 Å². The molecule has 0 bridgehead atoms. The third kappa shape index (κ3) is 1.68. The summed E-state index contributed by atoms with van der Waals surface area (Å²) in [5.41, 5.74) is 0. The van der Waals surface area contributed by atoms with Crippen LogP contribution in [0.1, 0.15) is 6.92 Å². The summed E-state index contributed by atoms with van der Waals surface area (Å²) in [5, 5.41) is 8.96. The molecular weight excluding hydrogens is 185 g/mol. The highest BCUT2D eigenvalue weighted by molar-refractivity contribution is 5.40. The molecule has 1 rings (SSSR count). The van der Waals surface area contributed by atoms with Gasteiger partial charge in [-0.05, 0) is 6.92 Å². The van der Waals surface area contributed by atoms with Crippen molar-refractivity contribution in [3.8, 4) is 11.5 Å². The lowest BCUT2D eigenvalue weighted by atomic mass is 10.3. The molecule has 0 aromatic heterocycles. The van der Waals surface area contributed by atoms with Gasteiger partial charge in [0.05, 0.1) is 6.61 Å². The summed E-state index contributed by atoms with van der Waals surface area (Å²) in [5.74, 6) is -6.03. The summed E-state index contributed by atoms with van der Waals surface area (Å²) in [6.45, 7) is 1.58. The van der Waals surface area contributed by atoms with Gasteiger partial charge >= 0.3 is 0 Å². The Morgan fingerprint density at radius 2 is 1.92 bits per heavy atom. The summed E-state index contributed by atoms with van der Waals surface area (Å²) >= 11 is 0. The topological polar surface area (TPSA) is 29.5 Å². The zero-order valence-electron chi connectivity index (χ0n) is 6.77. The number of phenolic OH excluding ortho intramolecular Hbond substituents is 1. The van der Waals surface area contributed by atoms with Crippen LogP contribution in [0.2, 0.25) is 0 Å². The van der Waals surface area contributed by atoms with Crippen molar-refractivity contribution in [2.24, 2.45) is 0 Å². The Labute approximate surface area is 72.6 Å². The molecule has 2 nitrogen and oxygen atoms in total. The molecule has 0 amide bonds. The van der Waals surface area contributed by atoms with Crippen LogP contribution in [0.5, 0.6) is 11.5 Å². The number of hydrogen-bond acceptors (Lipinski definition) is 2. The first kappa shape index (κ1) is 9.70. The van der Waals surface area contributed by atoms with Crippen LogP contribution < -0.4 is 4.74 Å². The van der Waals surface area contributed by atoms with Crippen molar-refractivity contribution in [2.45, 2.75) is 6.92 Å². The van der Waals surface area contributed by atoms with Crippen molar-refractivity contribution in [3.63, 3.8) is 0 Å². The molecule has 0 saturated heterocycles. The Morgan fingerprint density at radius 1 is 1.31 bits per heavy atom. The van der Waals surface area contributed by atoms with Crippen LogP contribution in [0.4, 0.5) is 13.2 Å². The maximum absolute atomic E-state index is 12.8. The second kappa shape index (κ2) is 3.55. The van der Waals surface area contributed by atoms with Gasteiger partial charge in [-0.3, -0.25) is 0 Å². The van der Waals surface area contributed by atoms with Gasteiger partial charge in [-0.2, -0.15) is 4.39 Å². The highest BCUT2D eigenvalue weighted by atomic mass is 19.2. The first-order valence-electron chi connectivity index (χ1n) is 3.57. The number of halogens is 3. The first-order valence-corrected chi connectivity index (χ1v) is 3.57. The summed E-state index contributed by atoms with van der Waals surface area (Å²) < 4.78 is 42.4. The van der Waals surface area contributed by atoms with E-state index in [1.165, 1.54) is 6.92 Å². The van der Waals surface area contributed by atoms with Gasteiger partial charge in [-0.25, -0.2) is 8.78 Å². The Morgan fingerprint density at radius 3 is 2.46 bits per heavy atom. The SMILES string of the molecule is CCOc1c(O)cc(F)c(F)c1F. The molecule has 0 aliphatic rings. The van der Waals surface area contributed by atoms with E-state index in [0.29, 0.717) is 6.07 Å². The third-order valence-corrected chi connectivity index (χ3v) is 1.39. The third-order valence-electron chi connectivity index (χ3n) is 1.39. The molecule has 0 spiro atoms. The second-order valence-electron chi connectivity index (χ2n) is 2.27. The van der Waals surface area contributed by atoms with E-state index in [2.05, 4.69) is 4.74 Å². The average Bonchev–Trinajstić information content (AvgIpc) is 2.09. The van der Waals surface area contributed by atoms with Gasteiger partial charge in [-0.1, -0.05) is 0 Å². The minimum Gasteiger partial charge on any atom is -0.504 e. The Hall–Kier alpha value is -1.39. The molecule has 13 heavy (non-hydrogen) atoms.